The van der Waals surface area contributed by atoms with Gasteiger partial charge in [-0.3, -0.25) is 0 Å². The summed E-state index contributed by atoms with van der Waals surface area (Å²) in [5.74, 6) is 4.33. The maximum Gasteiger partial charge on any atom is 0.164 e. The van der Waals surface area contributed by atoms with E-state index in [1.165, 1.54) is 37.7 Å². The lowest BCUT2D eigenvalue weighted by Crippen LogP contribution is -2.42. The summed E-state index contributed by atoms with van der Waals surface area (Å²) in [6.07, 6.45) is 6.57. The maximum absolute atomic E-state index is 9.22. The Bertz CT molecular complexity index is 1430. The third kappa shape index (κ3) is 4.67. The minimum Gasteiger partial charge on any atom is -0.208 e. The summed E-state index contributed by atoms with van der Waals surface area (Å²) >= 11 is 0. The lowest BCUT2D eigenvalue weighted by atomic mass is 9.54. The van der Waals surface area contributed by atoms with Gasteiger partial charge in [0.05, 0.1) is 11.6 Å². The fraction of sp³-hybridized carbons (Fsp3) is 0.333. The fourth-order valence-corrected chi connectivity index (χ4v) is 7.09. The predicted molar refractivity (Wildman–Crippen MR) is 147 cm³/mol. The van der Waals surface area contributed by atoms with Gasteiger partial charge in [0.1, 0.15) is 0 Å². The van der Waals surface area contributed by atoms with E-state index < -0.39 is 0 Å². The molecule has 4 aromatic rings. The van der Waals surface area contributed by atoms with Crippen molar-refractivity contribution in [1.29, 1.82) is 5.26 Å². The molecule has 184 valence electrons. The van der Waals surface area contributed by atoms with Gasteiger partial charge in [-0.2, -0.15) is 5.26 Å². The molecule has 4 nitrogen and oxygen atoms in total. The number of nitrogens with zero attached hydrogens (tertiary/aromatic N) is 4. The van der Waals surface area contributed by atoms with Crippen LogP contribution in [-0.2, 0) is 5.41 Å². The monoisotopic (exact) mass is 484 g/mol. The number of fused-ring (bicyclic) bond motifs is 2. The van der Waals surface area contributed by atoms with Crippen LogP contribution in [0.3, 0.4) is 0 Å². The second-order valence-electron chi connectivity index (χ2n) is 11.4. The van der Waals surface area contributed by atoms with Crippen molar-refractivity contribution in [3.05, 3.63) is 90.0 Å². The van der Waals surface area contributed by atoms with Crippen molar-refractivity contribution in [2.45, 2.75) is 51.4 Å². The molecule has 2 aliphatic rings. The molecule has 2 unspecified atom stereocenters. The van der Waals surface area contributed by atoms with Crippen LogP contribution in [0, 0.1) is 29.1 Å². The first-order valence-electron chi connectivity index (χ1n) is 13.4. The van der Waals surface area contributed by atoms with Crippen molar-refractivity contribution in [1.82, 2.24) is 15.0 Å². The molecule has 0 aliphatic heterocycles. The smallest absolute Gasteiger partial charge is 0.164 e. The fourth-order valence-electron chi connectivity index (χ4n) is 7.09. The minimum atomic E-state index is 0.251. The van der Waals surface area contributed by atoms with Crippen molar-refractivity contribution in [2.24, 2.45) is 17.8 Å². The van der Waals surface area contributed by atoms with Crippen molar-refractivity contribution in [3.63, 3.8) is 0 Å². The number of benzene rings is 3. The van der Waals surface area contributed by atoms with Crippen molar-refractivity contribution < 1.29 is 0 Å². The molecule has 2 saturated carbocycles. The SMILES string of the molecule is C[C@@H]1CC2C[C@H](C)CC(c3cccc(-c4nc(-c5ccccc5)nc(-c5ccc(C#N)cc5)n4)c3)(C2)C1. The Morgan fingerprint density at radius 2 is 1.24 bits per heavy atom. The van der Waals surface area contributed by atoms with Gasteiger partial charge < -0.3 is 0 Å². The normalized spacial score (nSPS) is 24.8. The summed E-state index contributed by atoms with van der Waals surface area (Å²) in [7, 11) is 0. The van der Waals surface area contributed by atoms with E-state index in [0.29, 0.717) is 23.0 Å². The molecule has 0 spiro atoms. The summed E-state index contributed by atoms with van der Waals surface area (Å²) in [5.41, 5.74) is 5.18. The number of nitriles is 1. The Labute approximate surface area is 219 Å². The van der Waals surface area contributed by atoms with E-state index >= 15 is 0 Å². The van der Waals surface area contributed by atoms with Gasteiger partial charge in [0, 0.05) is 16.7 Å². The van der Waals surface area contributed by atoms with Gasteiger partial charge in [0.25, 0.3) is 0 Å². The number of hydrogen-bond acceptors (Lipinski definition) is 4. The Hall–Kier alpha value is -3.84. The molecule has 1 aromatic heterocycles. The number of hydrogen-bond donors (Lipinski definition) is 0. The van der Waals surface area contributed by atoms with E-state index in [4.69, 9.17) is 15.0 Å². The quantitative estimate of drug-likeness (QED) is 0.296. The molecule has 4 atom stereocenters. The molecule has 1 heterocycles. The summed E-state index contributed by atoms with van der Waals surface area (Å²) in [5, 5.41) is 9.22. The molecule has 0 saturated heterocycles. The highest BCUT2D eigenvalue weighted by atomic mass is 15.0. The Kier molecular flexibility index (Phi) is 6.08. The second kappa shape index (κ2) is 9.56. The Morgan fingerprint density at radius 3 is 1.86 bits per heavy atom. The van der Waals surface area contributed by atoms with E-state index in [2.05, 4.69) is 44.2 Å². The van der Waals surface area contributed by atoms with Gasteiger partial charge >= 0.3 is 0 Å². The highest BCUT2D eigenvalue weighted by molar-refractivity contribution is 5.67. The van der Waals surface area contributed by atoms with Crippen LogP contribution < -0.4 is 0 Å². The van der Waals surface area contributed by atoms with Crippen molar-refractivity contribution >= 4 is 0 Å². The van der Waals surface area contributed by atoms with E-state index in [1.54, 1.807) is 0 Å². The summed E-state index contributed by atoms with van der Waals surface area (Å²) in [6.45, 7) is 4.87. The summed E-state index contributed by atoms with van der Waals surface area (Å²) in [6, 6.07) is 28.7. The zero-order valence-corrected chi connectivity index (χ0v) is 21.6. The molecule has 0 N–H and O–H groups in total. The largest absolute Gasteiger partial charge is 0.208 e. The number of aromatic nitrogens is 3. The van der Waals surface area contributed by atoms with Crippen LogP contribution in [0.4, 0.5) is 0 Å². The van der Waals surface area contributed by atoms with Gasteiger partial charge in [-0.05, 0) is 91.2 Å². The molecule has 2 bridgehead atoms. The van der Waals surface area contributed by atoms with Crippen LogP contribution in [0.1, 0.15) is 57.1 Å². The number of rotatable bonds is 4. The maximum atomic E-state index is 9.22. The van der Waals surface area contributed by atoms with Crippen LogP contribution in [0.2, 0.25) is 0 Å². The topological polar surface area (TPSA) is 62.5 Å². The van der Waals surface area contributed by atoms with Crippen LogP contribution in [0.5, 0.6) is 0 Å². The molecular formula is C33H32N4. The standard InChI is InChI=1S/C33H32N4/c1-22-15-25-16-23(2)19-33(18-22,20-25)29-10-6-9-28(17-29)32-36-30(26-7-4-3-5-8-26)35-31(37-32)27-13-11-24(21-34)12-14-27/h3-14,17,22-23,25H,15-16,18-20H2,1-2H3/t22-,23+,25?,33?. The molecule has 2 aliphatic carbocycles. The lowest BCUT2D eigenvalue weighted by molar-refractivity contribution is 0.0780. The van der Waals surface area contributed by atoms with Crippen LogP contribution >= 0.6 is 0 Å². The van der Waals surface area contributed by atoms with Gasteiger partial charge in [-0.15, -0.1) is 0 Å². The average Bonchev–Trinajstić information content (AvgIpc) is 2.92. The first-order valence-corrected chi connectivity index (χ1v) is 13.4. The third-order valence-electron chi connectivity index (χ3n) is 8.30. The first kappa shape index (κ1) is 23.6. The van der Waals surface area contributed by atoms with Crippen molar-refractivity contribution in [3.8, 4) is 40.2 Å². The second-order valence-corrected chi connectivity index (χ2v) is 11.4. The van der Waals surface area contributed by atoms with E-state index in [9.17, 15) is 5.26 Å². The Balaban J connectivity index is 1.46. The van der Waals surface area contributed by atoms with Gasteiger partial charge in [0.2, 0.25) is 0 Å². The molecule has 37 heavy (non-hydrogen) atoms. The average molecular weight is 485 g/mol. The molecule has 2 fully saturated rings. The predicted octanol–water partition coefficient (Wildman–Crippen LogP) is 7.85. The summed E-state index contributed by atoms with van der Waals surface area (Å²) in [4.78, 5) is 14.7. The first-order chi connectivity index (χ1) is 18.0. The van der Waals surface area contributed by atoms with Crippen LogP contribution in [0.25, 0.3) is 34.2 Å². The zero-order valence-electron chi connectivity index (χ0n) is 21.6. The summed E-state index contributed by atoms with van der Waals surface area (Å²) < 4.78 is 0. The molecule has 0 amide bonds. The molecular weight excluding hydrogens is 452 g/mol. The van der Waals surface area contributed by atoms with Gasteiger partial charge in [-0.1, -0.05) is 62.4 Å². The zero-order chi connectivity index (χ0) is 25.4. The molecule has 3 aromatic carbocycles. The van der Waals surface area contributed by atoms with Gasteiger partial charge in [0.15, 0.2) is 17.5 Å². The van der Waals surface area contributed by atoms with E-state index in [0.717, 1.165) is 34.4 Å². The molecule has 6 rings (SSSR count). The highest BCUT2D eigenvalue weighted by Crippen LogP contribution is 2.54. The van der Waals surface area contributed by atoms with Crippen molar-refractivity contribution in [2.75, 3.05) is 0 Å². The minimum absolute atomic E-state index is 0.251. The van der Waals surface area contributed by atoms with Crippen LogP contribution in [-0.4, -0.2) is 15.0 Å². The highest BCUT2D eigenvalue weighted by Gasteiger charge is 2.45. The van der Waals surface area contributed by atoms with E-state index in [1.807, 2.05) is 54.6 Å². The molecule has 0 radical (unpaired) electrons. The lowest BCUT2D eigenvalue weighted by Gasteiger charge is -2.50. The van der Waals surface area contributed by atoms with Crippen LogP contribution in [0.15, 0.2) is 78.9 Å². The Morgan fingerprint density at radius 1 is 0.676 bits per heavy atom. The van der Waals surface area contributed by atoms with E-state index in [-0.39, 0.29) is 5.41 Å². The molecule has 4 heteroatoms. The van der Waals surface area contributed by atoms with Gasteiger partial charge in [-0.25, -0.2) is 15.0 Å². The third-order valence-corrected chi connectivity index (χ3v) is 8.30.